The van der Waals surface area contributed by atoms with Gasteiger partial charge in [-0.25, -0.2) is 0 Å². The zero-order chi connectivity index (χ0) is 19.0. The zero-order valence-electron chi connectivity index (χ0n) is 16.1. The van der Waals surface area contributed by atoms with Gasteiger partial charge in [0, 0.05) is 18.5 Å². The van der Waals surface area contributed by atoms with Gasteiger partial charge in [0.2, 0.25) is 5.91 Å². The first-order chi connectivity index (χ1) is 13.0. The van der Waals surface area contributed by atoms with Crippen LogP contribution < -0.4 is 9.47 Å². The number of rotatable bonds is 4. The Kier molecular flexibility index (Phi) is 4.42. The van der Waals surface area contributed by atoms with Crippen molar-refractivity contribution in [1.82, 2.24) is 4.90 Å². The summed E-state index contributed by atoms with van der Waals surface area (Å²) in [4.78, 5) is 14.1. The molecular weight excluding hydrogens is 338 g/mol. The first-order valence-corrected chi connectivity index (χ1v) is 9.31. The highest BCUT2D eigenvalue weighted by Gasteiger charge is 2.43. The van der Waals surface area contributed by atoms with Crippen molar-refractivity contribution in [2.24, 2.45) is 5.41 Å². The molecule has 4 heteroatoms. The lowest BCUT2D eigenvalue weighted by Gasteiger charge is -2.47. The number of allylic oxidation sites excluding steroid dienone is 1. The van der Waals surface area contributed by atoms with Gasteiger partial charge in [-0.3, -0.25) is 4.79 Å². The molecule has 2 aromatic rings. The average molecular weight is 363 g/mol. The third kappa shape index (κ3) is 3.20. The Bertz CT molecular complexity index is 887. The van der Waals surface area contributed by atoms with Gasteiger partial charge in [0.1, 0.15) is 11.5 Å². The van der Waals surface area contributed by atoms with Gasteiger partial charge in [0.25, 0.3) is 0 Å². The van der Waals surface area contributed by atoms with Gasteiger partial charge in [-0.1, -0.05) is 24.3 Å². The molecule has 2 atom stereocenters. The minimum atomic E-state index is 0.0206. The Hall–Kier alpha value is -2.75. The van der Waals surface area contributed by atoms with Gasteiger partial charge in [-0.15, -0.1) is 0 Å². The molecule has 0 aromatic heterocycles. The number of amides is 1. The molecule has 0 N–H and O–H groups in total. The molecule has 0 saturated carbocycles. The molecule has 0 radical (unpaired) electrons. The summed E-state index contributed by atoms with van der Waals surface area (Å²) in [5.74, 6) is 1.79. The van der Waals surface area contributed by atoms with Gasteiger partial charge in [0.05, 0.1) is 20.3 Å². The highest BCUT2D eigenvalue weighted by Crippen LogP contribution is 2.50. The number of hydrogen-bond acceptors (Lipinski definition) is 3. The summed E-state index contributed by atoms with van der Waals surface area (Å²) in [5.41, 5.74) is 3.81. The van der Waals surface area contributed by atoms with Crippen LogP contribution in [0.25, 0.3) is 0 Å². The summed E-state index contributed by atoms with van der Waals surface area (Å²) in [7, 11) is 3.37. The fraction of sp³-hybridized carbons (Fsp3) is 0.348. The van der Waals surface area contributed by atoms with Crippen molar-refractivity contribution >= 4 is 5.91 Å². The van der Waals surface area contributed by atoms with Crippen molar-refractivity contribution in [3.05, 3.63) is 71.4 Å². The number of carbonyl (C=O) groups is 1. The van der Waals surface area contributed by atoms with Crippen molar-refractivity contribution < 1.29 is 14.3 Å². The molecule has 2 unspecified atom stereocenters. The van der Waals surface area contributed by atoms with Crippen molar-refractivity contribution in [2.45, 2.75) is 32.2 Å². The van der Waals surface area contributed by atoms with Crippen molar-refractivity contribution in [3.8, 4) is 11.5 Å². The molecule has 1 amide bonds. The summed E-state index contributed by atoms with van der Waals surface area (Å²) in [6.45, 7) is 1.63. The lowest BCUT2D eigenvalue weighted by molar-refractivity contribution is -0.129. The topological polar surface area (TPSA) is 38.8 Å². The number of nitrogens with zero attached hydrogens (tertiary/aromatic N) is 1. The van der Waals surface area contributed by atoms with Crippen LogP contribution in [-0.2, 0) is 17.6 Å². The lowest BCUT2D eigenvalue weighted by atomic mass is 9.65. The highest BCUT2D eigenvalue weighted by molar-refractivity contribution is 5.75. The Morgan fingerprint density at radius 2 is 1.81 bits per heavy atom. The molecule has 4 rings (SSSR count). The van der Waals surface area contributed by atoms with E-state index >= 15 is 0 Å². The first kappa shape index (κ1) is 17.7. The van der Waals surface area contributed by atoms with E-state index in [0.717, 1.165) is 30.8 Å². The van der Waals surface area contributed by atoms with Crippen molar-refractivity contribution in [1.29, 1.82) is 0 Å². The van der Waals surface area contributed by atoms with Gasteiger partial charge in [-0.2, -0.15) is 0 Å². The van der Waals surface area contributed by atoms with Crippen LogP contribution in [0.15, 0.2) is 54.7 Å². The quantitative estimate of drug-likeness (QED) is 0.813. The SMILES string of the molecule is COc1ccc(CC23C=CN(C(C)=O)C(C2)c2cc(OC)ccc2C3)cc1. The summed E-state index contributed by atoms with van der Waals surface area (Å²) in [5, 5.41) is 0. The standard InChI is InChI=1S/C23H25NO3/c1-16(25)24-11-10-23(13-17-4-7-19(26-2)8-5-17)14-18-6-9-20(27-3)12-21(18)22(24)15-23/h4-12,22H,13-15H2,1-3H3. The molecule has 2 bridgehead atoms. The molecule has 0 spiro atoms. The largest absolute Gasteiger partial charge is 0.497 e. The van der Waals surface area contributed by atoms with E-state index in [9.17, 15) is 4.79 Å². The number of methoxy groups -OCH3 is 2. The Balaban J connectivity index is 1.72. The summed E-state index contributed by atoms with van der Waals surface area (Å²) >= 11 is 0. The fourth-order valence-corrected chi connectivity index (χ4v) is 4.50. The van der Waals surface area contributed by atoms with Crippen LogP contribution in [0.3, 0.4) is 0 Å². The van der Waals surface area contributed by atoms with Gasteiger partial charge < -0.3 is 14.4 Å². The third-order valence-electron chi connectivity index (χ3n) is 5.86. The predicted octanol–water partition coefficient (Wildman–Crippen LogP) is 4.30. The molecule has 27 heavy (non-hydrogen) atoms. The Morgan fingerprint density at radius 1 is 1.11 bits per heavy atom. The van der Waals surface area contributed by atoms with E-state index in [-0.39, 0.29) is 17.4 Å². The molecular formula is C23H25NO3. The maximum Gasteiger partial charge on any atom is 0.223 e. The van der Waals surface area contributed by atoms with Gasteiger partial charge >= 0.3 is 0 Å². The lowest BCUT2D eigenvalue weighted by Crippen LogP contribution is -2.43. The van der Waals surface area contributed by atoms with E-state index in [4.69, 9.17) is 9.47 Å². The number of fused-ring (bicyclic) bond motifs is 4. The highest BCUT2D eigenvalue weighted by atomic mass is 16.5. The second-order valence-corrected chi connectivity index (χ2v) is 7.59. The van der Waals surface area contributed by atoms with Crippen molar-refractivity contribution in [3.63, 3.8) is 0 Å². The van der Waals surface area contributed by atoms with Gasteiger partial charge in [0.15, 0.2) is 0 Å². The molecule has 1 aliphatic heterocycles. The molecule has 1 heterocycles. The molecule has 140 valence electrons. The fourth-order valence-electron chi connectivity index (χ4n) is 4.50. The van der Waals surface area contributed by atoms with E-state index in [2.05, 4.69) is 30.3 Å². The smallest absolute Gasteiger partial charge is 0.223 e. The minimum absolute atomic E-state index is 0.0206. The number of benzene rings is 2. The van der Waals surface area contributed by atoms with Crippen LogP contribution in [0.5, 0.6) is 11.5 Å². The maximum absolute atomic E-state index is 12.2. The number of hydrogen-bond donors (Lipinski definition) is 0. The zero-order valence-corrected chi connectivity index (χ0v) is 16.1. The monoisotopic (exact) mass is 363 g/mol. The number of ether oxygens (including phenoxy) is 2. The normalized spacial score (nSPS) is 22.9. The summed E-state index contributed by atoms with van der Waals surface area (Å²) in [6, 6.07) is 14.6. The van der Waals surface area contributed by atoms with Crippen LogP contribution in [0, 0.1) is 5.41 Å². The second-order valence-electron chi connectivity index (χ2n) is 7.59. The predicted molar refractivity (Wildman–Crippen MR) is 105 cm³/mol. The van der Waals surface area contributed by atoms with Crippen LogP contribution in [0.1, 0.15) is 36.1 Å². The second kappa shape index (κ2) is 6.76. The van der Waals surface area contributed by atoms with Crippen LogP contribution in [0.4, 0.5) is 0 Å². The average Bonchev–Trinajstić information content (AvgIpc) is 2.68. The Labute approximate surface area is 160 Å². The first-order valence-electron chi connectivity index (χ1n) is 9.31. The van der Waals surface area contributed by atoms with E-state index in [1.807, 2.05) is 29.3 Å². The van der Waals surface area contributed by atoms with E-state index in [1.54, 1.807) is 21.1 Å². The molecule has 4 nitrogen and oxygen atoms in total. The number of carbonyl (C=O) groups excluding carboxylic acids is 1. The molecule has 1 aliphatic carbocycles. The van der Waals surface area contributed by atoms with E-state index < -0.39 is 0 Å². The molecule has 0 fully saturated rings. The third-order valence-corrected chi connectivity index (χ3v) is 5.86. The summed E-state index contributed by atoms with van der Waals surface area (Å²) in [6.07, 6.45) is 7.07. The van der Waals surface area contributed by atoms with E-state index in [0.29, 0.717) is 0 Å². The van der Waals surface area contributed by atoms with Crippen LogP contribution in [-0.4, -0.2) is 25.0 Å². The molecule has 2 aliphatic rings. The van der Waals surface area contributed by atoms with Crippen LogP contribution >= 0.6 is 0 Å². The maximum atomic E-state index is 12.2. The summed E-state index contributed by atoms with van der Waals surface area (Å²) < 4.78 is 10.7. The van der Waals surface area contributed by atoms with Crippen molar-refractivity contribution in [2.75, 3.05) is 14.2 Å². The molecule has 0 saturated heterocycles. The minimum Gasteiger partial charge on any atom is -0.497 e. The Morgan fingerprint density at radius 3 is 2.48 bits per heavy atom. The molecule has 2 aromatic carbocycles. The van der Waals surface area contributed by atoms with Gasteiger partial charge in [-0.05, 0) is 60.2 Å². The van der Waals surface area contributed by atoms with Crippen LogP contribution in [0.2, 0.25) is 0 Å². The van der Waals surface area contributed by atoms with E-state index in [1.165, 1.54) is 16.7 Å².